The molecule has 1 aliphatic heterocycles. The molecule has 164 valence electrons. The average molecular weight is 429 g/mol. The van der Waals surface area contributed by atoms with Crippen LogP contribution in [-0.2, 0) is 9.57 Å². The Morgan fingerprint density at radius 3 is 2.84 bits per heavy atom. The van der Waals surface area contributed by atoms with Crippen LogP contribution in [0.5, 0.6) is 5.88 Å². The van der Waals surface area contributed by atoms with Gasteiger partial charge in [-0.15, -0.1) is 0 Å². The summed E-state index contributed by atoms with van der Waals surface area (Å²) in [6, 6.07) is 8.56. The van der Waals surface area contributed by atoms with E-state index in [0.29, 0.717) is 11.1 Å². The lowest BCUT2D eigenvalue weighted by molar-refractivity contribution is -0.0523. The number of amides is 1. The summed E-state index contributed by atoms with van der Waals surface area (Å²) in [4.78, 5) is 26.2. The van der Waals surface area contributed by atoms with Crippen LogP contribution in [0.3, 0.4) is 0 Å². The Morgan fingerprint density at radius 1 is 1.42 bits per heavy atom. The van der Waals surface area contributed by atoms with E-state index in [1.54, 1.807) is 24.3 Å². The molecule has 11 heteroatoms. The van der Waals surface area contributed by atoms with Gasteiger partial charge >= 0.3 is 0 Å². The van der Waals surface area contributed by atoms with E-state index >= 15 is 0 Å². The lowest BCUT2D eigenvalue weighted by Crippen LogP contribution is -2.35. The fourth-order valence-electron chi connectivity index (χ4n) is 2.72. The summed E-state index contributed by atoms with van der Waals surface area (Å²) in [6.45, 7) is 3.02. The maximum absolute atomic E-state index is 12.7. The molecular weight excluding hydrogens is 406 g/mol. The van der Waals surface area contributed by atoms with Crippen molar-refractivity contribution in [2.45, 2.75) is 31.7 Å². The number of nitrogens with two attached hydrogens (primary N) is 1. The topological polar surface area (TPSA) is 173 Å². The van der Waals surface area contributed by atoms with Gasteiger partial charge in [0.15, 0.2) is 11.9 Å². The SMILES string of the molecule is CC(C)(O)CONC(=O)c1c(N)nc(-c2cccc(C#N)c2)nc1O[C@@H]1COC[C@@H]1O. The maximum Gasteiger partial charge on any atom is 0.284 e. The molecule has 0 bridgehead atoms. The second kappa shape index (κ2) is 9.23. The number of nitriles is 1. The van der Waals surface area contributed by atoms with Crippen molar-refractivity contribution in [2.24, 2.45) is 0 Å². The first-order chi connectivity index (χ1) is 14.7. The summed E-state index contributed by atoms with van der Waals surface area (Å²) in [5.74, 6) is -1.03. The van der Waals surface area contributed by atoms with Crippen LogP contribution in [0, 0.1) is 11.3 Å². The Hall–Kier alpha value is -3.30. The molecule has 1 amide bonds. The first kappa shape index (κ1) is 22.4. The Morgan fingerprint density at radius 2 is 2.19 bits per heavy atom. The summed E-state index contributed by atoms with van der Waals surface area (Å²) in [5, 5.41) is 28.9. The van der Waals surface area contributed by atoms with Crippen molar-refractivity contribution >= 4 is 11.7 Å². The van der Waals surface area contributed by atoms with Crippen LogP contribution < -0.4 is 16.0 Å². The van der Waals surface area contributed by atoms with Gasteiger partial charge in [0.05, 0.1) is 30.4 Å². The Bertz CT molecular complexity index is 1000. The monoisotopic (exact) mass is 429 g/mol. The molecule has 3 rings (SSSR count). The molecule has 1 fully saturated rings. The number of nitrogens with zero attached hydrogens (tertiary/aromatic N) is 3. The number of aliphatic hydroxyl groups excluding tert-OH is 1. The van der Waals surface area contributed by atoms with E-state index in [2.05, 4.69) is 15.4 Å². The first-order valence-corrected chi connectivity index (χ1v) is 9.43. The number of carbonyl (C=O) groups excluding carboxylic acids is 1. The van der Waals surface area contributed by atoms with Gasteiger partial charge in [-0.3, -0.25) is 9.63 Å². The van der Waals surface area contributed by atoms with Gasteiger partial charge in [-0.05, 0) is 26.0 Å². The van der Waals surface area contributed by atoms with Gasteiger partial charge in [0, 0.05) is 5.56 Å². The molecule has 1 aromatic carbocycles. The summed E-state index contributed by atoms with van der Waals surface area (Å²) in [5.41, 5.74) is 7.73. The first-order valence-electron chi connectivity index (χ1n) is 9.43. The van der Waals surface area contributed by atoms with E-state index in [1.807, 2.05) is 6.07 Å². The summed E-state index contributed by atoms with van der Waals surface area (Å²) in [7, 11) is 0. The van der Waals surface area contributed by atoms with Gasteiger partial charge in [-0.1, -0.05) is 12.1 Å². The highest BCUT2D eigenvalue weighted by molar-refractivity contribution is 6.00. The Balaban J connectivity index is 1.96. The van der Waals surface area contributed by atoms with Crippen molar-refractivity contribution in [1.29, 1.82) is 5.26 Å². The molecule has 1 saturated heterocycles. The predicted octanol–water partition coefficient (Wildman–Crippen LogP) is 0.168. The van der Waals surface area contributed by atoms with E-state index in [1.165, 1.54) is 13.8 Å². The van der Waals surface area contributed by atoms with Crippen molar-refractivity contribution in [2.75, 3.05) is 25.6 Å². The molecule has 0 spiro atoms. The number of hydroxylamine groups is 1. The highest BCUT2D eigenvalue weighted by Gasteiger charge is 2.31. The molecule has 0 saturated carbocycles. The van der Waals surface area contributed by atoms with Crippen molar-refractivity contribution in [3.63, 3.8) is 0 Å². The van der Waals surface area contributed by atoms with Crippen LogP contribution in [0.2, 0.25) is 0 Å². The van der Waals surface area contributed by atoms with E-state index in [0.717, 1.165) is 0 Å². The van der Waals surface area contributed by atoms with Gasteiger partial charge in [-0.25, -0.2) is 10.5 Å². The second-order valence-corrected chi connectivity index (χ2v) is 7.60. The molecule has 2 heterocycles. The maximum atomic E-state index is 12.7. The van der Waals surface area contributed by atoms with Gasteiger partial charge in [0.1, 0.15) is 24.1 Å². The smallest absolute Gasteiger partial charge is 0.284 e. The van der Waals surface area contributed by atoms with Crippen molar-refractivity contribution in [3.05, 3.63) is 35.4 Å². The van der Waals surface area contributed by atoms with E-state index in [4.69, 9.17) is 25.3 Å². The van der Waals surface area contributed by atoms with E-state index in [-0.39, 0.29) is 42.9 Å². The molecule has 0 aliphatic carbocycles. The zero-order chi connectivity index (χ0) is 22.6. The van der Waals surface area contributed by atoms with Crippen molar-refractivity contribution in [1.82, 2.24) is 15.4 Å². The summed E-state index contributed by atoms with van der Waals surface area (Å²) in [6.07, 6.45) is -1.68. The Kier molecular flexibility index (Phi) is 6.67. The number of aliphatic hydroxyl groups is 2. The number of rotatable bonds is 7. The quantitative estimate of drug-likeness (QED) is 0.444. The van der Waals surface area contributed by atoms with Gasteiger partial charge in [-0.2, -0.15) is 10.2 Å². The number of aromatic nitrogens is 2. The predicted molar refractivity (Wildman–Crippen MR) is 108 cm³/mol. The third-order valence-electron chi connectivity index (χ3n) is 4.23. The molecule has 0 unspecified atom stereocenters. The molecule has 1 aromatic heterocycles. The van der Waals surface area contributed by atoms with Crippen LogP contribution in [0.25, 0.3) is 11.4 Å². The zero-order valence-corrected chi connectivity index (χ0v) is 17.0. The van der Waals surface area contributed by atoms with Crippen molar-refractivity contribution < 1.29 is 29.3 Å². The minimum Gasteiger partial charge on any atom is -0.468 e. The van der Waals surface area contributed by atoms with Crippen LogP contribution in [-0.4, -0.2) is 63.7 Å². The van der Waals surface area contributed by atoms with Crippen LogP contribution in [0.15, 0.2) is 24.3 Å². The second-order valence-electron chi connectivity index (χ2n) is 7.60. The highest BCUT2D eigenvalue weighted by Crippen LogP contribution is 2.28. The minimum absolute atomic E-state index is 0.0819. The van der Waals surface area contributed by atoms with Crippen LogP contribution in [0.4, 0.5) is 5.82 Å². The number of nitrogens with one attached hydrogen (secondary N) is 1. The molecule has 31 heavy (non-hydrogen) atoms. The molecular formula is C20H23N5O6. The third kappa shape index (κ3) is 5.65. The van der Waals surface area contributed by atoms with E-state index in [9.17, 15) is 15.0 Å². The molecule has 2 aromatic rings. The fourth-order valence-corrected chi connectivity index (χ4v) is 2.72. The molecule has 2 atom stereocenters. The number of anilines is 1. The largest absolute Gasteiger partial charge is 0.468 e. The summed E-state index contributed by atoms with van der Waals surface area (Å²) < 4.78 is 10.9. The Labute approximate surface area is 178 Å². The average Bonchev–Trinajstić information content (AvgIpc) is 3.11. The normalized spacial score (nSPS) is 18.4. The van der Waals surface area contributed by atoms with Crippen LogP contribution >= 0.6 is 0 Å². The summed E-state index contributed by atoms with van der Waals surface area (Å²) >= 11 is 0. The van der Waals surface area contributed by atoms with E-state index < -0.39 is 23.7 Å². The molecule has 0 radical (unpaired) electrons. The van der Waals surface area contributed by atoms with Gasteiger partial charge < -0.3 is 25.4 Å². The third-order valence-corrected chi connectivity index (χ3v) is 4.23. The van der Waals surface area contributed by atoms with Gasteiger partial charge in [0.25, 0.3) is 5.91 Å². The van der Waals surface area contributed by atoms with Crippen molar-refractivity contribution in [3.8, 4) is 23.3 Å². The molecule has 1 aliphatic rings. The molecule has 11 nitrogen and oxygen atoms in total. The number of hydrogen-bond donors (Lipinski definition) is 4. The number of hydrogen-bond acceptors (Lipinski definition) is 10. The number of nitrogen functional groups attached to an aromatic ring is 1. The highest BCUT2D eigenvalue weighted by atomic mass is 16.7. The lowest BCUT2D eigenvalue weighted by atomic mass is 10.1. The van der Waals surface area contributed by atoms with Gasteiger partial charge in [0.2, 0.25) is 5.88 Å². The molecule has 5 N–H and O–H groups in total. The lowest BCUT2D eigenvalue weighted by Gasteiger charge is -2.19. The van der Waals surface area contributed by atoms with Crippen LogP contribution in [0.1, 0.15) is 29.8 Å². The number of carbonyl (C=O) groups is 1. The number of benzene rings is 1. The minimum atomic E-state index is -1.17. The fraction of sp³-hybridized carbons (Fsp3) is 0.400. The number of ether oxygens (including phenoxy) is 2. The zero-order valence-electron chi connectivity index (χ0n) is 17.0. The standard InChI is InChI=1S/C20H23N5O6/c1-20(2,28)10-30-25-18(27)15-16(22)23-17(12-5-3-4-11(6-12)7-21)24-19(15)31-14-9-29-8-13(14)26/h3-6,13-14,26,28H,8-10H2,1-2H3,(H,25,27)(H2,22,23,24)/t13-,14+/m0/s1.